The molecule has 0 aromatic carbocycles. The van der Waals surface area contributed by atoms with Crippen LogP contribution in [0.1, 0.15) is 118 Å². The average molecular weight is 627 g/mol. The van der Waals surface area contributed by atoms with E-state index in [2.05, 4.69) is 57.0 Å². The van der Waals surface area contributed by atoms with E-state index in [0.717, 1.165) is 74.2 Å². The second kappa shape index (κ2) is 12.7. The van der Waals surface area contributed by atoms with Gasteiger partial charge in [-0.25, -0.2) is 0 Å². The maximum atomic E-state index is 11.8. The van der Waals surface area contributed by atoms with Crippen molar-refractivity contribution in [2.24, 2.45) is 45.8 Å². The molecule has 5 fully saturated rings. The Hall–Kier alpha value is -0.820. The molecular formula is C38H62N2O3S. The van der Waals surface area contributed by atoms with Gasteiger partial charge < -0.3 is 15.0 Å². The van der Waals surface area contributed by atoms with Gasteiger partial charge in [-0.05, 0) is 128 Å². The predicted molar refractivity (Wildman–Crippen MR) is 182 cm³/mol. The van der Waals surface area contributed by atoms with Crippen molar-refractivity contribution in [3.8, 4) is 0 Å². The van der Waals surface area contributed by atoms with Gasteiger partial charge in [0, 0.05) is 38.1 Å². The van der Waals surface area contributed by atoms with Crippen LogP contribution < -0.4 is 5.32 Å². The summed E-state index contributed by atoms with van der Waals surface area (Å²) in [6.45, 7) is 16.7. The third-order valence-electron chi connectivity index (χ3n) is 14.7. The highest BCUT2D eigenvalue weighted by molar-refractivity contribution is 7.91. The largest absolute Gasteiger partial charge is 0.616 e. The number of fused-ring (bicyclic) bond motifs is 7. The number of nitrogens with zero attached hydrogens (tertiary/aromatic N) is 1. The quantitative estimate of drug-likeness (QED) is 0.258. The van der Waals surface area contributed by atoms with Crippen LogP contribution in [0, 0.1) is 45.8 Å². The molecule has 0 radical (unpaired) electrons. The molecule has 2 N–H and O–H groups in total. The fourth-order valence-electron chi connectivity index (χ4n) is 12.9. The van der Waals surface area contributed by atoms with Crippen LogP contribution in [-0.2, 0) is 16.0 Å². The van der Waals surface area contributed by atoms with Crippen molar-refractivity contribution in [1.29, 1.82) is 0 Å². The minimum atomic E-state index is -0.689. The number of hydrogen-bond donors (Lipinski definition) is 2. The Balaban J connectivity index is 1.18. The van der Waals surface area contributed by atoms with Crippen LogP contribution >= 0.6 is 0 Å². The lowest BCUT2D eigenvalue weighted by Crippen LogP contribution is -2.64. The van der Waals surface area contributed by atoms with Crippen LogP contribution in [0.3, 0.4) is 0 Å². The zero-order valence-electron chi connectivity index (χ0n) is 28.6. The number of hydrogen-bond acceptors (Lipinski definition) is 4. The standard InChI is InChI=1S/C38H62N2O3S/c1-6-8-27(10-13-34(41)42)29-14-18-37(5)32(35(29,2)3)16-19-36(4)30-15-20-38(39-21-22-40-23-25-44(43)26-24-40)17-7-9-31(38)28(30)11-12-33(36)37/h8,14,28,30-33,39H,6-7,9-13,15-26H2,1-5H3,(H,41,42)/b27-8+/t28?,30?,31-,32?,33?,36?,37?,38?/m1/s1. The van der Waals surface area contributed by atoms with E-state index in [1.165, 1.54) is 68.9 Å². The van der Waals surface area contributed by atoms with Crippen LogP contribution in [0.25, 0.3) is 0 Å². The molecular weight excluding hydrogens is 564 g/mol. The second-order valence-corrected chi connectivity index (χ2v) is 18.6. The molecule has 1 heterocycles. The number of carboxylic acids is 1. The van der Waals surface area contributed by atoms with Gasteiger partial charge in [-0.15, -0.1) is 0 Å². The number of nitrogens with one attached hydrogen (secondary N) is 1. The first-order chi connectivity index (χ1) is 20.9. The van der Waals surface area contributed by atoms with Crippen LogP contribution in [0.4, 0.5) is 0 Å². The molecule has 6 aliphatic rings. The molecule has 0 bridgehead atoms. The van der Waals surface area contributed by atoms with Crippen molar-refractivity contribution < 1.29 is 14.5 Å². The van der Waals surface area contributed by atoms with Gasteiger partial charge in [0.25, 0.3) is 0 Å². The number of rotatable bonds is 9. The Labute approximate surface area is 271 Å². The summed E-state index contributed by atoms with van der Waals surface area (Å²) in [4.78, 5) is 14.0. The summed E-state index contributed by atoms with van der Waals surface area (Å²) in [5.74, 6) is 5.01. The summed E-state index contributed by atoms with van der Waals surface area (Å²) in [5.41, 5.74) is 3.93. The molecule has 1 aliphatic heterocycles. The Morgan fingerprint density at radius 3 is 2.50 bits per heavy atom. The number of aliphatic carboxylic acids is 1. The maximum Gasteiger partial charge on any atom is 0.303 e. The van der Waals surface area contributed by atoms with Crippen LogP contribution in [-0.4, -0.2) is 63.8 Å². The second-order valence-electron chi connectivity index (χ2n) is 16.9. The highest BCUT2D eigenvalue weighted by Gasteiger charge is 2.65. The lowest BCUT2D eigenvalue weighted by molar-refractivity contribution is -0.175. The lowest BCUT2D eigenvalue weighted by atomic mass is 9.37. The molecule has 6 heteroatoms. The van der Waals surface area contributed by atoms with Gasteiger partial charge in [-0.2, -0.15) is 0 Å². The highest BCUT2D eigenvalue weighted by Crippen LogP contribution is 2.72. The van der Waals surface area contributed by atoms with Gasteiger partial charge in [0.1, 0.15) is 11.5 Å². The highest BCUT2D eigenvalue weighted by atomic mass is 32.2. The first kappa shape index (κ1) is 33.1. The molecule has 0 aromatic heterocycles. The van der Waals surface area contributed by atoms with Crippen LogP contribution in [0.2, 0.25) is 0 Å². The van der Waals surface area contributed by atoms with Crippen LogP contribution in [0.5, 0.6) is 0 Å². The third kappa shape index (κ3) is 5.68. The minimum Gasteiger partial charge on any atom is -0.616 e. The molecule has 44 heavy (non-hydrogen) atoms. The molecule has 0 amide bonds. The molecule has 1 saturated heterocycles. The third-order valence-corrected chi connectivity index (χ3v) is 15.9. The topological polar surface area (TPSA) is 75.6 Å². The zero-order chi connectivity index (χ0) is 31.3. The number of allylic oxidation sites excluding steroid dienone is 4. The van der Waals surface area contributed by atoms with Gasteiger partial charge >= 0.3 is 5.97 Å². The van der Waals surface area contributed by atoms with Crippen molar-refractivity contribution in [2.45, 2.75) is 124 Å². The van der Waals surface area contributed by atoms with Crippen LogP contribution in [0.15, 0.2) is 23.3 Å². The smallest absolute Gasteiger partial charge is 0.303 e. The van der Waals surface area contributed by atoms with Crippen molar-refractivity contribution >= 4 is 17.1 Å². The van der Waals surface area contributed by atoms with E-state index in [0.29, 0.717) is 28.7 Å². The Kier molecular flexibility index (Phi) is 9.52. The Morgan fingerprint density at radius 1 is 1.00 bits per heavy atom. The minimum absolute atomic E-state index is 0.0746. The maximum absolute atomic E-state index is 11.8. The van der Waals surface area contributed by atoms with E-state index in [9.17, 15) is 14.5 Å². The summed E-state index contributed by atoms with van der Waals surface area (Å²) < 4.78 is 11.8. The van der Waals surface area contributed by atoms with Gasteiger partial charge in [0.2, 0.25) is 0 Å². The van der Waals surface area contributed by atoms with Crippen molar-refractivity contribution in [3.05, 3.63) is 23.3 Å². The molecule has 8 atom stereocenters. The fraction of sp³-hybridized carbons (Fsp3) is 0.868. The van der Waals surface area contributed by atoms with Gasteiger partial charge in [-0.3, -0.25) is 9.69 Å². The number of carbonyl (C=O) groups is 1. The fourth-order valence-corrected chi connectivity index (χ4v) is 14.0. The van der Waals surface area contributed by atoms with E-state index >= 15 is 0 Å². The van der Waals surface area contributed by atoms with Crippen molar-refractivity contribution in [1.82, 2.24) is 10.2 Å². The van der Waals surface area contributed by atoms with Crippen molar-refractivity contribution in [2.75, 3.05) is 37.7 Å². The van der Waals surface area contributed by atoms with E-state index in [1.54, 1.807) is 0 Å². The molecule has 248 valence electrons. The Bertz CT molecular complexity index is 1130. The van der Waals surface area contributed by atoms with E-state index in [1.807, 2.05) is 0 Å². The zero-order valence-corrected chi connectivity index (χ0v) is 29.4. The van der Waals surface area contributed by atoms with Gasteiger partial charge in [-0.1, -0.05) is 64.4 Å². The molecule has 4 saturated carbocycles. The first-order valence-electron chi connectivity index (χ1n) is 18.4. The van der Waals surface area contributed by atoms with Gasteiger partial charge in [0.05, 0.1) is 0 Å². The van der Waals surface area contributed by atoms with E-state index < -0.39 is 17.1 Å². The van der Waals surface area contributed by atoms with Gasteiger partial charge in [0.15, 0.2) is 0 Å². The summed E-state index contributed by atoms with van der Waals surface area (Å²) in [6.07, 6.45) is 20.3. The molecule has 7 unspecified atom stereocenters. The molecule has 5 aliphatic carbocycles. The normalized spacial score (nSPS) is 42.5. The monoisotopic (exact) mass is 626 g/mol. The molecule has 5 nitrogen and oxygen atoms in total. The summed E-state index contributed by atoms with van der Waals surface area (Å²) >= 11 is -0.594. The lowest BCUT2D eigenvalue weighted by Gasteiger charge is -2.68. The first-order valence-corrected chi connectivity index (χ1v) is 19.9. The summed E-state index contributed by atoms with van der Waals surface area (Å²) in [6, 6.07) is 0. The number of carboxylic acid groups (broad SMARTS) is 1. The molecule has 6 rings (SSSR count). The van der Waals surface area contributed by atoms with E-state index in [4.69, 9.17) is 0 Å². The Morgan fingerprint density at radius 2 is 1.77 bits per heavy atom. The van der Waals surface area contributed by atoms with Crippen molar-refractivity contribution in [3.63, 3.8) is 0 Å². The van der Waals surface area contributed by atoms with E-state index in [-0.39, 0.29) is 11.8 Å². The summed E-state index contributed by atoms with van der Waals surface area (Å²) in [7, 11) is 0. The summed E-state index contributed by atoms with van der Waals surface area (Å²) in [5, 5.41) is 13.7. The predicted octanol–water partition coefficient (Wildman–Crippen LogP) is 7.60. The molecule has 0 spiro atoms. The average Bonchev–Trinajstić information content (AvgIpc) is 3.41. The molecule has 0 aromatic rings. The SMILES string of the molecule is CC/C=C(\CCC(=O)O)C1=CCC2(C)C(CCC3(C)C4CCC5(NCCN6CC[S+]([O-])CC6)CCC[C@@H]5C4CCC32)C1(C)C.